The molecule has 22 heavy (non-hydrogen) atoms. The lowest BCUT2D eigenvalue weighted by molar-refractivity contribution is 0.407. The molecule has 1 aliphatic heterocycles. The average molecular weight is 292 g/mol. The summed E-state index contributed by atoms with van der Waals surface area (Å²) in [6, 6.07) is 10.2. The Kier molecular flexibility index (Phi) is 3.11. The fourth-order valence-corrected chi connectivity index (χ4v) is 2.98. The van der Waals surface area contributed by atoms with Gasteiger partial charge in [0.1, 0.15) is 17.1 Å². The molecule has 0 saturated carbocycles. The van der Waals surface area contributed by atoms with E-state index >= 15 is 0 Å². The lowest BCUT2D eigenvalue weighted by Gasteiger charge is -2.30. The second-order valence-corrected chi connectivity index (χ2v) is 5.34. The molecule has 3 aromatic rings. The second kappa shape index (κ2) is 5.26. The quantitative estimate of drug-likeness (QED) is 0.726. The first-order valence-electron chi connectivity index (χ1n) is 7.32. The van der Waals surface area contributed by atoms with Crippen molar-refractivity contribution >= 4 is 17.0 Å². The average Bonchev–Trinajstić information content (AvgIpc) is 2.60. The largest absolute Gasteiger partial charge is 0.496 e. The van der Waals surface area contributed by atoms with Crippen molar-refractivity contribution < 1.29 is 4.74 Å². The van der Waals surface area contributed by atoms with Crippen LogP contribution in [0.5, 0.6) is 5.75 Å². The molecule has 1 aliphatic rings. The molecule has 0 aliphatic carbocycles. The van der Waals surface area contributed by atoms with Gasteiger partial charge in [0, 0.05) is 31.0 Å². The number of hydrogen-bond acceptors (Lipinski definition) is 5. The molecule has 3 heterocycles. The zero-order valence-corrected chi connectivity index (χ0v) is 12.4. The summed E-state index contributed by atoms with van der Waals surface area (Å²) < 4.78 is 5.46. The van der Waals surface area contributed by atoms with Crippen molar-refractivity contribution in [3.8, 4) is 5.75 Å². The van der Waals surface area contributed by atoms with E-state index in [4.69, 9.17) is 4.74 Å². The van der Waals surface area contributed by atoms with Gasteiger partial charge >= 0.3 is 0 Å². The van der Waals surface area contributed by atoms with E-state index in [0.717, 1.165) is 36.6 Å². The van der Waals surface area contributed by atoms with Crippen LogP contribution < -0.4 is 9.64 Å². The summed E-state index contributed by atoms with van der Waals surface area (Å²) in [7, 11) is 1.73. The van der Waals surface area contributed by atoms with Crippen LogP contribution in [-0.4, -0.2) is 28.6 Å². The predicted octanol–water partition coefficient (Wildman–Crippen LogP) is 2.60. The molecule has 0 atom stereocenters. The lowest BCUT2D eigenvalue weighted by Crippen LogP contribution is -2.31. The maximum absolute atomic E-state index is 5.46. The van der Waals surface area contributed by atoms with Gasteiger partial charge in [-0.05, 0) is 30.2 Å². The van der Waals surface area contributed by atoms with Crippen LogP contribution in [0, 0.1) is 0 Å². The normalized spacial score (nSPS) is 14.0. The fraction of sp³-hybridized carbons (Fsp3) is 0.235. The topological polar surface area (TPSA) is 51.1 Å². The highest BCUT2D eigenvalue weighted by Crippen LogP contribution is 2.29. The number of fused-ring (bicyclic) bond motifs is 2. The van der Waals surface area contributed by atoms with Crippen LogP contribution in [-0.2, 0) is 13.0 Å². The number of methoxy groups -OCH3 is 1. The van der Waals surface area contributed by atoms with Gasteiger partial charge in [-0.1, -0.05) is 12.1 Å². The van der Waals surface area contributed by atoms with Crippen molar-refractivity contribution in [1.82, 2.24) is 15.0 Å². The number of ether oxygens (including phenoxy) is 1. The van der Waals surface area contributed by atoms with Gasteiger partial charge in [0.2, 0.25) is 0 Å². The zero-order chi connectivity index (χ0) is 14.9. The Hall–Kier alpha value is -2.69. The Balaban J connectivity index is 1.68. The lowest BCUT2D eigenvalue weighted by atomic mass is 9.98. The smallest absolute Gasteiger partial charge is 0.180 e. The molecule has 0 saturated heterocycles. The van der Waals surface area contributed by atoms with Crippen molar-refractivity contribution in [2.24, 2.45) is 0 Å². The fourth-order valence-electron chi connectivity index (χ4n) is 2.98. The van der Waals surface area contributed by atoms with E-state index in [1.165, 1.54) is 11.1 Å². The van der Waals surface area contributed by atoms with E-state index in [-0.39, 0.29) is 0 Å². The number of anilines is 1. The van der Waals surface area contributed by atoms with Gasteiger partial charge in [-0.3, -0.25) is 4.98 Å². The van der Waals surface area contributed by atoms with Crippen LogP contribution in [0.3, 0.4) is 0 Å². The minimum Gasteiger partial charge on any atom is -0.496 e. The molecule has 0 unspecified atom stereocenters. The predicted molar refractivity (Wildman–Crippen MR) is 85.1 cm³/mol. The van der Waals surface area contributed by atoms with Crippen LogP contribution >= 0.6 is 0 Å². The first kappa shape index (κ1) is 13.0. The Labute approximate surface area is 128 Å². The molecule has 5 nitrogen and oxygen atoms in total. The summed E-state index contributed by atoms with van der Waals surface area (Å²) in [4.78, 5) is 15.5. The molecule has 2 aromatic heterocycles. The first-order chi connectivity index (χ1) is 10.8. The van der Waals surface area contributed by atoms with E-state index in [1.54, 1.807) is 19.5 Å². The number of pyridine rings is 1. The van der Waals surface area contributed by atoms with E-state index < -0.39 is 0 Å². The van der Waals surface area contributed by atoms with E-state index in [0.29, 0.717) is 5.65 Å². The number of benzene rings is 1. The Morgan fingerprint density at radius 3 is 2.91 bits per heavy atom. The molecule has 5 heteroatoms. The summed E-state index contributed by atoms with van der Waals surface area (Å²) in [6.45, 7) is 1.76. The molecular formula is C17H16N4O. The Bertz CT molecular complexity index is 834. The van der Waals surface area contributed by atoms with Gasteiger partial charge in [0.05, 0.1) is 7.11 Å². The Morgan fingerprint density at radius 2 is 2.00 bits per heavy atom. The van der Waals surface area contributed by atoms with Gasteiger partial charge in [-0.25, -0.2) is 9.97 Å². The molecule has 0 radical (unpaired) electrons. The van der Waals surface area contributed by atoms with Crippen LogP contribution in [0.15, 0.2) is 42.7 Å². The second-order valence-electron chi connectivity index (χ2n) is 5.34. The Morgan fingerprint density at radius 1 is 1.09 bits per heavy atom. The van der Waals surface area contributed by atoms with Gasteiger partial charge in [0.25, 0.3) is 0 Å². The van der Waals surface area contributed by atoms with Crippen molar-refractivity contribution in [2.75, 3.05) is 18.6 Å². The summed E-state index contributed by atoms with van der Waals surface area (Å²) in [5.41, 5.74) is 4.12. The highest BCUT2D eigenvalue weighted by molar-refractivity contribution is 5.71. The number of hydrogen-bond donors (Lipinski definition) is 0. The molecular weight excluding hydrogens is 276 g/mol. The minimum absolute atomic E-state index is 0.691. The van der Waals surface area contributed by atoms with Gasteiger partial charge in [0.15, 0.2) is 5.65 Å². The molecule has 4 rings (SSSR count). The molecule has 0 fully saturated rings. The maximum atomic E-state index is 5.46. The number of nitrogens with zero attached hydrogens (tertiary/aromatic N) is 4. The molecule has 110 valence electrons. The van der Waals surface area contributed by atoms with Crippen molar-refractivity contribution in [3.63, 3.8) is 0 Å². The van der Waals surface area contributed by atoms with Gasteiger partial charge < -0.3 is 9.64 Å². The van der Waals surface area contributed by atoms with Crippen LogP contribution in [0.25, 0.3) is 11.2 Å². The zero-order valence-electron chi connectivity index (χ0n) is 12.4. The SMILES string of the molecule is COc1cccc2c1CCN(c1ccc3nccnc3n1)C2. The molecule has 0 bridgehead atoms. The summed E-state index contributed by atoms with van der Waals surface area (Å²) >= 11 is 0. The summed E-state index contributed by atoms with van der Waals surface area (Å²) in [5, 5.41) is 0. The van der Waals surface area contributed by atoms with Crippen molar-refractivity contribution in [2.45, 2.75) is 13.0 Å². The minimum atomic E-state index is 0.691. The van der Waals surface area contributed by atoms with Crippen molar-refractivity contribution in [3.05, 3.63) is 53.9 Å². The monoisotopic (exact) mass is 292 g/mol. The number of aromatic nitrogens is 3. The third-order valence-corrected chi connectivity index (χ3v) is 4.08. The third-order valence-electron chi connectivity index (χ3n) is 4.08. The molecule has 0 N–H and O–H groups in total. The highest BCUT2D eigenvalue weighted by atomic mass is 16.5. The molecule has 0 amide bonds. The third kappa shape index (κ3) is 2.15. The van der Waals surface area contributed by atoms with E-state index in [9.17, 15) is 0 Å². The van der Waals surface area contributed by atoms with Crippen LogP contribution in [0.2, 0.25) is 0 Å². The highest BCUT2D eigenvalue weighted by Gasteiger charge is 2.20. The molecule has 1 aromatic carbocycles. The van der Waals surface area contributed by atoms with Gasteiger partial charge in [-0.2, -0.15) is 0 Å². The summed E-state index contributed by atoms with van der Waals surface area (Å²) in [5.74, 6) is 1.93. The van der Waals surface area contributed by atoms with E-state index in [2.05, 4.69) is 25.9 Å². The van der Waals surface area contributed by atoms with Gasteiger partial charge in [-0.15, -0.1) is 0 Å². The molecule has 0 spiro atoms. The standard InChI is InChI=1S/C17H16N4O/c1-22-15-4-2-3-12-11-21(10-7-13(12)15)16-6-5-14-17(20-16)19-9-8-18-14/h2-6,8-9H,7,10-11H2,1H3. The van der Waals surface area contributed by atoms with Crippen LogP contribution in [0.4, 0.5) is 5.82 Å². The van der Waals surface area contributed by atoms with Crippen molar-refractivity contribution in [1.29, 1.82) is 0 Å². The first-order valence-corrected chi connectivity index (χ1v) is 7.32. The summed E-state index contributed by atoms with van der Waals surface area (Å²) in [6.07, 6.45) is 4.32. The number of rotatable bonds is 2. The van der Waals surface area contributed by atoms with E-state index in [1.807, 2.05) is 24.3 Å². The maximum Gasteiger partial charge on any atom is 0.180 e. The van der Waals surface area contributed by atoms with Crippen LogP contribution in [0.1, 0.15) is 11.1 Å².